The van der Waals surface area contributed by atoms with Crippen molar-refractivity contribution in [3.8, 4) is 0 Å². The largest absolute Gasteiger partial charge is 0.331 e. The van der Waals surface area contributed by atoms with Gasteiger partial charge in [-0.2, -0.15) is 0 Å². The molecule has 20 heavy (non-hydrogen) atoms. The van der Waals surface area contributed by atoms with Gasteiger partial charge in [0, 0.05) is 24.5 Å². The van der Waals surface area contributed by atoms with Gasteiger partial charge in [0.15, 0.2) is 0 Å². The van der Waals surface area contributed by atoms with Gasteiger partial charge in [0.1, 0.15) is 6.33 Å². The number of hydrogen-bond donors (Lipinski definition) is 1. The number of nitrogens with one attached hydrogen (secondary N) is 1. The Morgan fingerprint density at radius 1 is 1.15 bits per heavy atom. The molecule has 0 saturated carbocycles. The third kappa shape index (κ3) is 2.75. The van der Waals surface area contributed by atoms with E-state index in [1.165, 1.54) is 18.7 Å². The number of carbonyl (C=O) groups excluding carboxylic acids is 1. The molecule has 1 amide bonds. The number of nitrogens with zero attached hydrogens (tertiary/aromatic N) is 4. The molecule has 0 radical (unpaired) electrons. The molecule has 1 aromatic carbocycles. The van der Waals surface area contributed by atoms with E-state index in [1.807, 2.05) is 0 Å². The van der Waals surface area contributed by atoms with Crippen LogP contribution in [0, 0.1) is 20.2 Å². The van der Waals surface area contributed by atoms with Crippen molar-refractivity contribution in [2.45, 2.75) is 0 Å². The summed E-state index contributed by atoms with van der Waals surface area (Å²) in [6, 6.07) is 2.23. The summed E-state index contributed by atoms with van der Waals surface area (Å²) in [5, 5.41) is 23.7. The number of rotatable bonds is 3. The Bertz CT molecular complexity index is 649. The molecule has 0 fully saturated rings. The van der Waals surface area contributed by atoms with Gasteiger partial charge in [0.05, 0.1) is 21.6 Å². The number of imidazole rings is 1. The van der Waals surface area contributed by atoms with E-state index in [4.69, 9.17) is 0 Å². The Morgan fingerprint density at radius 2 is 1.75 bits per heavy atom. The van der Waals surface area contributed by atoms with Crippen LogP contribution in [0.4, 0.5) is 21.9 Å². The molecule has 0 spiro atoms. The van der Waals surface area contributed by atoms with Crippen molar-refractivity contribution in [1.29, 1.82) is 0 Å². The van der Waals surface area contributed by atoms with E-state index in [0.717, 1.165) is 22.8 Å². The highest BCUT2D eigenvalue weighted by Gasteiger charge is 2.17. The first kappa shape index (κ1) is 13.1. The molecule has 2 aromatic rings. The molecule has 10 nitrogen and oxygen atoms in total. The van der Waals surface area contributed by atoms with Crippen LogP contribution in [0.3, 0.4) is 0 Å². The highest BCUT2D eigenvalue weighted by Crippen LogP contribution is 2.25. The Morgan fingerprint density at radius 3 is 2.20 bits per heavy atom. The normalized spacial score (nSPS) is 10.0. The van der Waals surface area contributed by atoms with Crippen molar-refractivity contribution in [1.82, 2.24) is 9.55 Å². The number of hydrogen-bond acceptors (Lipinski definition) is 6. The molecule has 1 N–H and O–H groups in total. The maximum atomic E-state index is 11.7. The summed E-state index contributed by atoms with van der Waals surface area (Å²) in [5.41, 5.74) is -1.02. The second-order valence-electron chi connectivity index (χ2n) is 3.65. The average Bonchev–Trinajstić information content (AvgIpc) is 2.92. The third-order valence-electron chi connectivity index (χ3n) is 2.31. The SMILES string of the molecule is O=C(Nc1cc([N+](=O)[O-])cc([N+](=O)[O-])c1)n1ccnc1. The lowest BCUT2D eigenvalue weighted by Crippen LogP contribution is -2.17. The van der Waals surface area contributed by atoms with E-state index in [0.29, 0.717) is 0 Å². The minimum Gasteiger partial charge on any atom is -0.307 e. The average molecular weight is 277 g/mol. The summed E-state index contributed by atoms with van der Waals surface area (Å²) >= 11 is 0. The molecular weight excluding hydrogens is 270 g/mol. The minimum atomic E-state index is -0.778. The predicted molar refractivity (Wildman–Crippen MR) is 66.4 cm³/mol. The number of benzene rings is 1. The maximum Gasteiger partial charge on any atom is 0.331 e. The molecule has 0 unspecified atom stereocenters. The lowest BCUT2D eigenvalue weighted by atomic mass is 10.2. The second kappa shape index (κ2) is 5.14. The zero-order chi connectivity index (χ0) is 14.7. The molecule has 2 rings (SSSR count). The van der Waals surface area contributed by atoms with Crippen LogP contribution < -0.4 is 5.32 Å². The molecule has 102 valence electrons. The van der Waals surface area contributed by atoms with Crippen LogP contribution in [0.2, 0.25) is 0 Å². The van der Waals surface area contributed by atoms with E-state index in [1.54, 1.807) is 0 Å². The molecule has 0 bridgehead atoms. The van der Waals surface area contributed by atoms with Crippen LogP contribution in [0.5, 0.6) is 0 Å². The van der Waals surface area contributed by atoms with Gasteiger partial charge in [0.25, 0.3) is 11.4 Å². The first-order valence-electron chi connectivity index (χ1n) is 5.20. The zero-order valence-corrected chi connectivity index (χ0v) is 9.79. The monoisotopic (exact) mass is 277 g/mol. The number of nitro benzene ring substituents is 2. The lowest BCUT2D eigenvalue weighted by Gasteiger charge is -2.05. The number of non-ortho nitro benzene ring substituents is 2. The number of amides is 1. The van der Waals surface area contributed by atoms with Gasteiger partial charge in [0.2, 0.25) is 0 Å². The second-order valence-corrected chi connectivity index (χ2v) is 3.65. The third-order valence-corrected chi connectivity index (χ3v) is 2.31. The van der Waals surface area contributed by atoms with Crippen LogP contribution in [0.15, 0.2) is 36.9 Å². The van der Waals surface area contributed by atoms with E-state index in [2.05, 4.69) is 10.3 Å². The minimum absolute atomic E-state index is 0.0513. The van der Waals surface area contributed by atoms with Crippen LogP contribution in [-0.2, 0) is 0 Å². The van der Waals surface area contributed by atoms with Gasteiger partial charge in [-0.15, -0.1) is 0 Å². The maximum absolute atomic E-state index is 11.7. The van der Waals surface area contributed by atoms with Gasteiger partial charge < -0.3 is 5.32 Å². The molecule has 0 aliphatic carbocycles. The summed E-state index contributed by atoms with van der Waals surface area (Å²) in [6.45, 7) is 0. The van der Waals surface area contributed by atoms with Crippen molar-refractivity contribution in [2.75, 3.05) is 5.32 Å². The molecule has 1 heterocycles. The Balaban J connectivity index is 2.33. The first-order valence-corrected chi connectivity index (χ1v) is 5.20. The van der Waals surface area contributed by atoms with Gasteiger partial charge in [-0.3, -0.25) is 24.8 Å². The first-order chi connectivity index (χ1) is 9.47. The van der Waals surface area contributed by atoms with E-state index >= 15 is 0 Å². The van der Waals surface area contributed by atoms with E-state index in [9.17, 15) is 25.0 Å². The number of aromatic nitrogens is 2. The molecule has 10 heteroatoms. The standard InChI is InChI=1S/C10H7N5O5/c16-10(13-2-1-11-6-13)12-7-3-8(14(17)18)5-9(4-7)15(19)20/h1-6H,(H,12,16). The zero-order valence-electron chi connectivity index (χ0n) is 9.79. The Hall–Kier alpha value is -3.30. The van der Waals surface area contributed by atoms with E-state index in [-0.39, 0.29) is 5.69 Å². The fourth-order valence-corrected chi connectivity index (χ4v) is 1.45. The van der Waals surface area contributed by atoms with Crippen LogP contribution >= 0.6 is 0 Å². The van der Waals surface area contributed by atoms with E-state index < -0.39 is 27.3 Å². The highest BCUT2D eigenvalue weighted by atomic mass is 16.6. The molecular formula is C10H7N5O5. The van der Waals surface area contributed by atoms with Crippen molar-refractivity contribution < 1.29 is 14.6 Å². The molecule has 0 aliphatic heterocycles. The van der Waals surface area contributed by atoms with Gasteiger partial charge in [-0.05, 0) is 0 Å². The summed E-state index contributed by atoms with van der Waals surface area (Å²) in [5.74, 6) is 0. The summed E-state index contributed by atoms with van der Waals surface area (Å²) in [7, 11) is 0. The van der Waals surface area contributed by atoms with Crippen molar-refractivity contribution in [2.24, 2.45) is 0 Å². The highest BCUT2D eigenvalue weighted by molar-refractivity contribution is 5.91. The predicted octanol–water partition coefficient (Wildman–Crippen LogP) is 1.78. The summed E-state index contributed by atoms with van der Waals surface area (Å²) in [6.07, 6.45) is 3.96. The summed E-state index contributed by atoms with van der Waals surface area (Å²) in [4.78, 5) is 35.2. The molecule has 0 atom stereocenters. The van der Waals surface area contributed by atoms with Gasteiger partial charge in [-0.25, -0.2) is 9.78 Å². The smallest absolute Gasteiger partial charge is 0.307 e. The fraction of sp³-hybridized carbons (Fsp3) is 0. The number of nitro groups is 2. The molecule has 1 aromatic heterocycles. The number of carbonyl (C=O) groups is 1. The van der Waals surface area contributed by atoms with Crippen molar-refractivity contribution >= 4 is 23.1 Å². The van der Waals surface area contributed by atoms with Crippen LogP contribution in [-0.4, -0.2) is 25.4 Å². The molecule has 0 aliphatic rings. The topological polar surface area (TPSA) is 133 Å². The van der Waals surface area contributed by atoms with Crippen LogP contribution in [0.25, 0.3) is 0 Å². The Kier molecular flexibility index (Phi) is 3.37. The summed E-state index contributed by atoms with van der Waals surface area (Å²) < 4.78 is 1.09. The van der Waals surface area contributed by atoms with Crippen LogP contribution in [0.1, 0.15) is 0 Å². The van der Waals surface area contributed by atoms with Gasteiger partial charge >= 0.3 is 6.03 Å². The lowest BCUT2D eigenvalue weighted by molar-refractivity contribution is -0.394. The van der Waals surface area contributed by atoms with Crippen molar-refractivity contribution in [3.63, 3.8) is 0 Å². The fourth-order valence-electron chi connectivity index (χ4n) is 1.45. The number of anilines is 1. The molecule has 0 saturated heterocycles. The quantitative estimate of drug-likeness (QED) is 0.671. The van der Waals surface area contributed by atoms with Crippen molar-refractivity contribution in [3.05, 3.63) is 57.1 Å². The van der Waals surface area contributed by atoms with Gasteiger partial charge in [-0.1, -0.05) is 0 Å². The Labute approximate surface area is 111 Å².